The number of carbonyl (C=O) groups is 1. The lowest BCUT2D eigenvalue weighted by Gasteiger charge is -2.19. The van der Waals surface area contributed by atoms with Crippen molar-refractivity contribution in [2.75, 3.05) is 19.6 Å². The zero-order valence-electron chi connectivity index (χ0n) is 15.8. The predicted octanol–water partition coefficient (Wildman–Crippen LogP) is 1.89. The number of aryl methyl sites for hydroxylation is 1. The molecular weight excluding hydrogens is 350 g/mol. The normalized spacial score (nSPS) is 16.8. The second kappa shape index (κ2) is 9.48. The molecule has 0 bridgehead atoms. The van der Waals surface area contributed by atoms with Crippen LogP contribution in [0.1, 0.15) is 45.1 Å². The fraction of sp³-hybridized carbons (Fsp3) is 0.632. The first kappa shape index (κ1) is 20.9. The fourth-order valence-electron chi connectivity index (χ4n) is 3.25. The number of carbonyl (C=O) groups excluding carboxylic acids is 1. The lowest BCUT2D eigenvalue weighted by molar-refractivity contribution is -0.121. The number of hydrogen-bond donors (Lipinski definition) is 2. The number of benzene rings is 1. The van der Waals surface area contributed by atoms with Gasteiger partial charge in [-0.25, -0.2) is 8.42 Å². The minimum atomic E-state index is -3.38. The first-order valence-corrected chi connectivity index (χ1v) is 10.9. The van der Waals surface area contributed by atoms with Gasteiger partial charge in [0.2, 0.25) is 15.9 Å². The van der Waals surface area contributed by atoms with Crippen molar-refractivity contribution in [3.63, 3.8) is 0 Å². The standard InChI is InChI=1S/C19H31N3O3S/c1-15(2)13-17(14-20)21-19(23)10-7-16-5-8-18(9-6-16)26(24,25)22-11-3-4-12-22/h5-6,8-9,15,17H,3-4,7,10-14,20H2,1-2H3,(H,21,23). The van der Waals surface area contributed by atoms with Crippen LogP contribution >= 0.6 is 0 Å². The molecular formula is C19H31N3O3S. The Hall–Kier alpha value is -1.44. The molecule has 1 fully saturated rings. The van der Waals surface area contributed by atoms with Crippen molar-refractivity contribution in [1.29, 1.82) is 0 Å². The largest absolute Gasteiger partial charge is 0.352 e. The molecule has 6 nitrogen and oxygen atoms in total. The van der Waals surface area contributed by atoms with E-state index in [1.54, 1.807) is 24.3 Å². The highest BCUT2D eigenvalue weighted by Crippen LogP contribution is 2.21. The summed E-state index contributed by atoms with van der Waals surface area (Å²) in [6.45, 7) is 5.85. The molecule has 3 N–H and O–H groups in total. The van der Waals surface area contributed by atoms with E-state index in [4.69, 9.17) is 5.73 Å². The maximum Gasteiger partial charge on any atom is 0.243 e. The lowest BCUT2D eigenvalue weighted by atomic mass is 10.0. The van der Waals surface area contributed by atoms with Crippen LogP contribution in [0.3, 0.4) is 0 Å². The molecule has 1 aromatic rings. The third-order valence-corrected chi connectivity index (χ3v) is 6.59. The molecule has 1 saturated heterocycles. The molecule has 1 atom stereocenters. The van der Waals surface area contributed by atoms with Gasteiger partial charge >= 0.3 is 0 Å². The van der Waals surface area contributed by atoms with E-state index in [0.29, 0.717) is 43.3 Å². The minimum absolute atomic E-state index is 0.00970. The highest BCUT2D eigenvalue weighted by atomic mass is 32.2. The number of amides is 1. The molecule has 0 aromatic heterocycles. The molecule has 2 rings (SSSR count). The van der Waals surface area contributed by atoms with Crippen LogP contribution in [0.2, 0.25) is 0 Å². The SMILES string of the molecule is CC(C)CC(CN)NC(=O)CCc1ccc(S(=O)(=O)N2CCCC2)cc1. The van der Waals surface area contributed by atoms with Crippen LogP contribution in [0.15, 0.2) is 29.2 Å². The first-order chi connectivity index (χ1) is 12.3. The fourth-order valence-corrected chi connectivity index (χ4v) is 4.76. The molecule has 1 aromatic carbocycles. The summed E-state index contributed by atoms with van der Waals surface area (Å²) >= 11 is 0. The zero-order chi connectivity index (χ0) is 19.2. The summed E-state index contributed by atoms with van der Waals surface area (Å²) in [6, 6.07) is 6.88. The number of nitrogens with one attached hydrogen (secondary N) is 1. The number of nitrogens with zero attached hydrogens (tertiary/aromatic N) is 1. The quantitative estimate of drug-likeness (QED) is 0.683. The zero-order valence-corrected chi connectivity index (χ0v) is 16.6. The number of nitrogens with two attached hydrogens (primary N) is 1. The summed E-state index contributed by atoms with van der Waals surface area (Å²) in [5, 5.41) is 2.97. The lowest BCUT2D eigenvalue weighted by Crippen LogP contribution is -2.41. The molecule has 0 saturated carbocycles. The number of hydrogen-bond acceptors (Lipinski definition) is 4. The van der Waals surface area contributed by atoms with Gasteiger partial charge in [0, 0.05) is 32.1 Å². The van der Waals surface area contributed by atoms with Gasteiger partial charge in [0.25, 0.3) is 0 Å². The molecule has 0 spiro atoms. The summed E-state index contributed by atoms with van der Waals surface area (Å²) in [7, 11) is -3.38. The molecule has 0 aliphatic carbocycles. The van der Waals surface area contributed by atoms with Crippen LogP contribution < -0.4 is 11.1 Å². The topological polar surface area (TPSA) is 92.5 Å². The Bertz CT molecular complexity index is 680. The van der Waals surface area contributed by atoms with Crippen molar-refractivity contribution < 1.29 is 13.2 Å². The second-order valence-corrected chi connectivity index (χ2v) is 9.32. The third-order valence-electron chi connectivity index (χ3n) is 4.67. The predicted molar refractivity (Wildman–Crippen MR) is 103 cm³/mol. The number of rotatable bonds is 9. The van der Waals surface area contributed by atoms with Crippen molar-refractivity contribution in [2.45, 2.75) is 56.9 Å². The van der Waals surface area contributed by atoms with Gasteiger partial charge in [-0.05, 0) is 49.3 Å². The monoisotopic (exact) mass is 381 g/mol. The van der Waals surface area contributed by atoms with E-state index in [0.717, 1.165) is 24.8 Å². The van der Waals surface area contributed by atoms with Crippen molar-refractivity contribution in [2.24, 2.45) is 11.7 Å². The van der Waals surface area contributed by atoms with Crippen LogP contribution in [-0.4, -0.2) is 44.3 Å². The summed E-state index contributed by atoms with van der Waals surface area (Å²) in [5.41, 5.74) is 6.66. The van der Waals surface area contributed by atoms with Crippen LogP contribution in [0, 0.1) is 5.92 Å². The first-order valence-electron chi connectivity index (χ1n) is 9.41. The van der Waals surface area contributed by atoms with Gasteiger partial charge < -0.3 is 11.1 Å². The van der Waals surface area contributed by atoms with Gasteiger partial charge in [-0.15, -0.1) is 0 Å². The maximum absolute atomic E-state index is 12.5. The molecule has 146 valence electrons. The second-order valence-electron chi connectivity index (χ2n) is 7.38. The Morgan fingerprint density at radius 3 is 2.35 bits per heavy atom. The minimum Gasteiger partial charge on any atom is -0.352 e. The summed E-state index contributed by atoms with van der Waals surface area (Å²) in [6.07, 6.45) is 3.66. The van der Waals surface area contributed by atoms with E-state index >= 15 is 0 Å². The smallest absolute Gasteiger partial charge is 0.243 e. The Morgan fingerprint density at radius 1 is 1.19 bits per heavy atom. The maximum atomic E-state index is 12.5. The summed E-state index contributed by atoms with van der Waals surface area (Å²) < 4.78 is 26.5. The van der Waals surface area contributed by atoms with E-state index in [9.17, 15) is 13.2 Å². The molecule has 1 amide bonds. The van der Waals surface area contributed by atoms with Gasteiger partial charge in [0.1, 0.15) is 0 Å². The van der Waals surface area contributed by atoms with Gasteiger partial charge in [-0.1, -0.05) is 26.0 Å². The Balaban J connectivity index is 1.88. The van der Waals surface area contributed by atoms with Gasteiger partial charge in [0.15, 0.2) is 0 Å². The highest BCUT2D eigenvalue weighted by Gasteiger charge is 2.26. The molecule has 26 heavy (non-hydrogen) atoms. The van der Waals surface area contributed by atoms with Crippen LogP contribution in [-0.2, 0) is 21.2 Å². The molecule has 7 heteroatoms. The Labute approximate surface area is 157 Å². The van der Waals surface area contributed by atoms with Crippen LogP contribution in [0.5, 0.6) is 0 Å². The molecule has 1 unspecified atom stereocenters. The van der Waals surface area contributed by atoms with Crippen LogP contribution in [0.25, 0.3) is 0 Å². The average Bonchev–Trinajstić information content (AvgIpc) is 3.15. The Kier molecular flexibility index (Phi) is 7.61. The van der Waals surface area contributed by atoms with Gasteiger partial charge in [0.05, 0.1) is 4.90 Å². The molecule has 0 radical (unpaired) electrons. The summed E-state index contributed by atoms with van der Waals surface area (Å²) in [4.78, 5) is 12.4. The van der Waals surface area contributed by atoms with Crippen molar-refractivity contribution >= 4 is 15.9 Å². The highest BCUT2D eigenvalue weighted by molar-refractivity contribution is 7.89. The van der Waals surface area contributed by atoms with Crippen molar-refractivity contribution in [1.82, 2.24) is 9.62 Å². The van der Waals surface area contributed by atoms with E-state index in [1.165, 1.54) is 4.31 Å². The van der Waals surface area contributed by atoms with E-state index in [2.05, 4.69) is 19.2 Å². The van der Waals surface area contributed by atoms with Crippen molar-refractivity contribution in [3.8, 4) is 0 Å². The number of sulfonamides is 1. The third kappa shape index (κ3) is 5.79. The average molecular weight is 382 g/mol. The molecule has 1 aliphatic heterocycles. The van der Waals surface area contributed by atoms with E-state index in [1.807, 2.05) is 0 Å². The molecule has 1 heterocycles. The summed E-state index contributed by atoms with van der Waals surface area (Å²) in [5.74, 6) is 0.462. The van der Waals surface area contributed by atoms with Gasteiger partial charge in [-0.3, -0.25) is 4.79 Å². The van der Waals surface area contributed by atoms with E-state index in [-0.39, 0.29) is 11.9 Å². The van der Waals surface area contributed by atoms with Crippen molar-refractivity contribution in [3.05, 3.63) is 29.8 Å². The Morgan fingerprint density at radius 2 is 1.81 bits per heavy atom. The molecule has 1 aliphatic rings. The van der Waals surface area contributed by atoms with E-state index < -0.39 is 10.0 Å². The van der Waals surface area contributed by atoms with Crippen LogP contribution in [0.4, 0.5) is 0 Å². The van der Waals surface area contributed by atoms with Gasteiger partial charge in [-0.2, -0.15) is 4.31 Å².